The first-order valence-corrected chi connectivity index (χ1v) is 9.20. The Balaban J connectivity index is 1.62. The zero-order valence-corrected chi connectivity index (χ0v) is 14.8. The predicted molar refractivity (Wildman–Crippen MR) is 102 cm³/mol. The molecule has 0 spiro atoms. The third-order valence-electron chi connectivity index (χ3n) is 6.03. The molecule has 2 aromatic rings. The van der Waals surface area contributed by atoms with Crippen LogP contribution in [0.1, 0.15) is 48.4 Å². The summed E-state index contributed by atoms with van der Waals surface area (Å²) in [6.45, 7) is 8.12. The number of fused-ring (bicyclic) bond motifs is 3. The summed E-state index contributed by atoms with van der Waals surface area (Å²) in [7, 11) is 0. The van der Waals surface area contributed by atoms with Crippen molar-refractivity contribution in [1.29, 1.82) is 0 Å². The van der Waals surface area contributed by atoms with E-state index < -0.39 is 0 Å². The molecule has 0 bridgehead atoms. The second-order valence-corrected chi connectivity index (χ2v) is 7.78. The molecule has 0 saturated carbocycles. The largest absolute Gasteiger partial charge is 0.298 e. The molecule has 2 aromatic carbocycles. The van der Waals surface area contributed by atoms with E-state index in [0.29, 0.717) is 11.3 Å². The van der Waals surface area contributed by atoms with Crippen molar-refractivity contribution in [2.24, 2.45) is 5.41 Å². The topological polar surface area (TPSA) is 3.24 Å². The van der Waals surface area contributed by atoms with Gasteiger partial charge in [0.15, 0.2) is 0 Å². The lowest BCUT2D eigenvalue weighted by Gasteiger charge is -2.37. The third-order valence-corrected chi connectivity index (χ3v) is 6.03. The minimum absolute atomic E-state index is 0.427. The van der Waals surface area contributed by atoms with Crippen LogP contribution in [0.25, 0.3) is 6.08 Å². The van der Waals surface area contributed by atoms with Gasteiger partial charge in [-0.3, -0.25) is 4.90 Å². The summed E-state index contributed by atoms with van der Waals surface area (Å²) in [5.41, 5.74) is 6.49. The highest BCUT2D eigenvalue weighted by Gasteiger charge is 2.46. The Morgan fingerprint density at radius 1 is 1.12 bits per heavy atom. The third kappa shape index (κ3) is 2.71. The van der Waals surface area contributed by atoms with Crippen LogP contribution < -0.4 is 0 Å². The minimum atomic E-state index is 0.427. The van der Waals surface area contributed by atoms with Gasteiger partial charge in [0.2, 0.25) is 0 Å². The Hall–Kier alpha value is -1.86. The summed E-state index contributed by atoms with van der Waals surface area (Å²) >= 11 is 0. The van der Waals surface area contributed by atoms with Crippen LogP contribution in [0.3, 0.4) is 0 Å². The van der Waals surface area contributed by atoms with Crippen LogP contribution in [0.2, 0.25) is 0 Å². The monoisotopic (exact) mass is 317 g/mol. The normalized spacial score (nSPS) is 26.5. The van der Waals surface area contributed by atoms with Gasteiger partial charge in [0.1, 0.15) is 0 Å². The van der Waals surface area contributed by atoms with Gasteiger partial charge in [-0.2, -0.15) is 0 Å². The quantitative estimate of drug-likeness (QED) is 0.745. The molecule has 2 aliphatic rings. The molecule has 1 aliphatic heterocycles. The van der Waals surface area contributed by atoms with Crippen molar-refractivity contribution in [3.63, 3.8) is 0 Å². The van der Waals surface area contributed by atoms with Gasteiger partial charge < -0.3 is 0 Å². The first-order valence-electron chi connectivity index (χ1n) is 9.20. The van der Waals surface area contributed by atoms with Gasteiger partial charge in [-0.25, -0.2) is 0 Å². The minimum Gasteiger partial charge on any atom is -0.298 e. The summed E-state index contributed by atoms with van der Waals surface area (Å²) in [5, 5.41) is 0. The number of rotatable bonds is 3. The molecule has 0 amide bonds. The highest BCUT2D eigenvalue weighted by Crippen LogP contribution is 2.51. The lowest BCUT2D eigenvalue weighted by atomic mass is 9.66. The molecule has 2 atom stereocenters. The van der Waals surface area contributed by atoms with Crippen LogP contribution in [0.4, 0.5) is 0 Å². The molecule has 0 N–H and O–H groups in total. The molecule has 124 valence electrons. The van der Waals surface area contributed by atoms with Crippen molar-refractivity contribution in [1.82, 2.24) is 4.90 Å². The van der Waals surface area contributed by atoms with Crippen LogP contribution >= 0.6 is 0 Å². The molecule has 0 aromatic heterocycles. The second kappa shape index (κ2) is 6.22. The fraction of sp³-hybridized carbons (Fsp3) is 0.391. The maximum atomic E-state index is 2.66. The van der Waals surface area contributed by atoms with Crippen LogP contribution in [0, 0.1) is 5.41 Å². The number of nitrogens with zero attached hydrogens (tertiary/aromatic N) is 1. The van der Waals surface area contributed by atoms with Gasteiger partial charge in [-0.15, -0.1) is 0 Å². The number of allylic oxidation sites excluding steroid dienone is 1. The molecule has 1 heteroatoms. The Bertz CT molecular complexity index is 746. The number of benzene rings is 2. The molecular formula is C23H27N. The lowest BCUT2D eigenvalue weighted by Crippen LogP contribution is -2.31. The van der Waals surface area contributed by atoms with E-state index in [1.54, 1.807) is 11.1 Å². The Labute approximate surface area is 146 Å². The van der Waals surface area contributed by atoms with E-state index in [2.05, 4.69) is 79.4 Å². The van der Waals surface area contributed by atoms with Gasteiger partial charge in [0.05, 0.1) is 0 Å². The van der Waals surface area contributed by atoms with Crippen molar-refractivity contribution in [3.05, 3.63) is 76.9 Å². The van der Waals surface area contributed by atoms with Crippen LogP contribution in [-0.2, 0) is 13.0 Å². The van der Waals surface area contributed by atoms with Gasteiger partial charge in [-0.05, 0) is 47.4 Å². The summed E-state index contributed by atoms with van der Waals surface area (Å²) in [4.78, 5) is 2.66. The van der Waals surface area contributed by atoms with E-state index in [4.69, 9.17) is 0 Å². The zero-order valence-electron chi connectivity index (χ0n) is 14.8. The fourth-order valence-electron chi connectivity index (χ4n) is 4.84. The fourth-order valence-corrected chi connectivity index (χ4v) is 4.84. The van der Waals surface area contributed by atoms with E-state index >= 15 is 0 Å². The SMILES string of the molecule is C/C=C/c1cccc2c1CCC1(C)CN(Cc3ccccc3)CC21. The summed E-state index contributed by atoms with van der Waals surface area (Å²) in [6.07, 6.45) is 6.98. The van der Waals surface area contributed by atoms with Crippen molar-refractivity contribution in [3.8, 4) is 0 Å². The molecule has 1 heterocycles. The summed E-state index contributed by atoms with van der Waals surface area (Å²) in [5.74, 6) is 0.676. The number of likely N-dealkylation sites (tertiary alicyclic amines) is 1. The van der Waals surface area contributed by atoms with Crippen molar-refractivity contribution in [2.45, 2.75) is 39.2 Å². The van der Waals surface area contributed by atoms with E-state index in [1.165, 1.54) is 37.1 Å². The average Bonchev–Trinajstić information content (AvgIpc) is 2.93. The van der Waals surface area contributed by atoms with Gasteiger partial charge >= 0.3 is 0 Å². The van der Waals surface area contributed by atoms with Crippen LogP contribution in [-0.4, -0.2) is 18.0 Å². The maximum absolute atomic E-state index is 2.66. The molecule has 1 nitrogen and oxygen atoms in total. The van der Waals surface area contributed by atoms with E-state index in [-0.39, 0.29) is 0 Å². The highest BCUT2D eigenvalue weighted by molar-refractivity contribution is 5.57. The van der Waals surface area contributed by atoms with Crippen LogP contribution in [0.15, 0.2) is 54.6 Å². The first-order chi connectivity index (χ1) is 11.7. The molecule has 4 rings (SSSR count). The highest BCUT2D eigenvalue weighted by atomic mass is 15.2. The molecule has 0 radical (unpaired) electrons. The van der Waals surface area contributed by atoms with Crippen molar-refractivity contribution in [2.75, 3.05) is 13.1 Å². The molecule has 2 unspecified atom stereocenters. The first kappa shape index (κ1) is 15.7. The summed E-state index contributed by atoms with van der Waals surface area (Å²) < 4.78 is 0. The van der Waals surface area contributed by atoms with Crippen molar-refractivity contribution < 1.29 is 0 Å². The predicted octanol–water partition coefficient (Wildman–Crippen LogP) is 5.27. The smallest absolute Gasteiger partial charge is 0.0234 e. The van der Waals surface area contributed by atoms with Gasteiger partial charge in [-0.1, -0.05) is 67.6 Å². The molecule has 1 saturated heterocycles. The van der Waals surface area contributed by atoms with E-state index in [0.717, 1.165) is 6.54 Å². The molecule has 1 fully saturated rings. The maximum Gasteiger partial charge on any atom is 0.0234 e. The van der Waals surface area contributed by atoms with E-state index in [9.17, 15) is 0 Å². The van der Waals surface area contributed by atoms with Crippen molar-refractivity contribution >= 4 is 6.08 Å². The van der Waals surface area contributed by atoms with Gasteiger partial charge in [0.25, 0.3) is 0 Å². The summed E-state index contributed by atoms with van der Waals surface area (Å²) in [6, 6.07) is 17.8. The van der Waals surface area contributed by atoms with Crippen LogP contribution in [0.5, 0.6) is 0 Å². The lowest BCUT2D eigenvalue weighted by molar-refractivity contribution is 0.240. The zero-order chi connectivity index (χ0) is 16.6. The Morgan fingerprint density at radius 3 is 2.75 bits per heavy atom. The Morgan fingerprint density at radius 2 is 1.96 bits per heavy atom. The second-order valence-electron chi connectivity index (χ2n) is 7.78. The molecule has 1 aliphatic carbocycles. The van der Waals surface area contributed by atoms with E-state index in [1.807, 2.05) is 0 Å². The number of hydrogen-bond acceptors (Lipinski definition) is 1. The molecular weight excluding hydrogens is 290 g/mol. The Kier molecular flexibility index (Phi) is 4.05. The van der Waals surface area contributed by atoms with Gasteiger partial charge in [0, 0.05) is 25.6 Å². The average molecular weight is 317 g/mol. The standard InChI is InChI=1S/C23H27N/c1-3-8-19-11-7-12-21-20(19)13-14-23(2)17-24(16-22(21)23)15-18-9-5-4-6-10-18/h3-12,22H,13-17H2,1-2H3/b8-3+. The molecule has 24 heavy (non-hydrogen) atoms. The number of hydrogen-bond donors (Lipinski definition) is 0.